The van der Waals surface area contributed by atoms with Gasteiger partial charge in [0.05, 0.1) is 35.1 Å². The molecule has 1 aromatic carbocycles. The molecule has 0 unspecified atom stereocenters. The Morgan fingerprint density at radius 2 is 2.24 bits per heavy atom. The van der Waals surface area contributed by atoms with Crippen molar-refractivity contribution in [3.8, 4) is 0 Å². The molecule has 0 aliphatic heterocycles. The maximum atomic E-state index is 5.74. The molecule has 0 saturated carbocycles. The van der Waals surface area contributed by atoms with Crippen molar-refractivity contribution in [2.45, 2.75) is 13.5 Å². The summed E-state index contributed by atoms with van der Waals surface area (Å²) in [5.74, 6) is 0. The highest BCUT2D eigenvalue weighted by atomic mass is 32.1. The van der Waals surface area contributed by atoms with Crippen LogP contribution in [0.15, 0.2) is 30.0 Å². The molecule has 5 heteroatoms. The zero-order valence-electron chi connectivity index (χ0n) is 9.42. The van der Waals surface area contributed by atoms with Gasteiger partial charge in [0.2, 0.25) is 0 Å². The summed E-state index contributed by atoms with van der Waals surface area (Å²) in [6.45, 7) is 2.85. The molecule has 0 fully saturated rings. The summed E-state index contributed by atoms with van der Waals surface area (Å²) >= 11 is 1.68. The Kier molecular flexibility index (Phi) is 2.33. The number of thiazole rings is 1. The average Bonchev–Trinajstić information content (AvgIpc) is 2.87. The lowest BCUT2D eigenvalue weighted by molar-refractivity contribution is 0.829. The number of imidazole rings is 1. The van der Waals surface area contributed by atoms with Crippen molar-refractivity contribution in [1.29, 1.82) is 0 Å². The van der Waals surface area contributed by atoms with Gasteiger partial charge in [-0.3, -0.25) is 0 Å². The molecule has 3 aromatic rings. The molecule has 0 aliphatic rings. The first-order chi connectivity index (χ1) is 8.24. The van der Waals surface area contributed by atoms with Gasteiger partial charge >= 0.3 is 0 Å². The molecule has 2 aromatic heterocycles. The predicted molar refractivity (Wildman–Crippen MR) is 70.1 cm³/mol. The molecule has 0 saturated heterocycles. The van der Waals surface area contributed by atoms with Crippen LogP contribution in [0.1, 0.15) is 10.6 Å². The van der Waals surface area contributed by atoms with Gasteiger partial charge in [0.25, 0.3) is 0 Å². The van der Waals surface area contributed by atoms with Crippen molar-refractivity contribution in [2.75, 3.05) is 5.73 Å². The van der Waals surface area contributed by atoms with Crippen molar-refractivity contribution < 1.29 is 0 Å². The van der Waals surface area contributed by atoms with Gasteiger partial charge in [-0.2, -0.15) is 0 Å². The lowest BCUT2D eigenvalue weighted by Gasteiger charge is -2.03. The predicted octanol–water partition coefficient (Wildman–Crippen LogP) is 2.43. The second-order valence-electron chi connectivity index (χ2n) is 3.98. The number of nitrogens with two attached hydrogens (primary N) is 1. The minimum atomic E-state index is 0.747. The highest BCUT2D eigenvalue weighted by Crippen LogP contribution is 2.20. The van der Waals surface area contributed by atoms with E-state index in [1.54, 1.807) is 11.3 Å². The van der Waals surface area contributed by atoms with Gasteiger partial charge in [0.1, 0.15) is 0 Å². The summed E-state index contributed by atoms with van der Waals surface area (Å²) in [5.41, 5.74) is 11.5. The number of fused-ring (bicyclic) bond motifs is 1. The van der Waals surface area contributed by atoms with Gasteiger partial charge in [0.15, 0.2) is 0 Å². The molecule has 86 valence electrons. The van der Waals surface area contributed by atoms with E-state index in [1.807, 2.05) is 37.0 Å². The number of benzene rings is 1. The van der Waals surface area contributed by atoms with Gasteiger partial charge < -0.3 is 10.3 Å². The van der Waals surface area contributed by atoms with Crippen molar-refractivity contribution in [3.05, 3.63) is 40.6 Å². The summed E-state index contributed by atoms with van der Waals surface area (Å²) in [4.78, 5) is 9.88. The fraction of sp³-hybridized carbons (Fsp3) is 0.167. The smallest absolute Gasteiger partial charge is 0.0961 e. The van der Waals surface area contributed by atoms with Crippen LogP contribution in [-0.2, 0) is 6.54 Å². The standard InChI is InChI=1S/C12H12N4S/c1-8-12(17-7-15-8)5-16-6-14-10-4-9(13)2-3-11(10)16/h2-4,6-7H,5,13H2,1H3. The van der Waals surface area contributed by atoms with Crippen molar-refractivity contribution in [2.24, 2.45) is 0 Å². The minimum Gasteiger partial charge on any atom is -0.399 e. The van der Waals surface area contributed by atoms with Crippen LogP contribution in [0.4, 0.5) is 5.69 Å². The summed E-state index contributed by atoms with van der Waals surface area (Å²) in [7, 11) is 0. The number of aromatic nitrogens is 3. The van der Waals surface area contributed by atoms with Crippen molar-refractivity contribution in [1.82, 2.24) is 14.5 Å². The Balaban J connectivity index is 2.04. The van der Waals surface area contributed by atoms with E-state index in [0.29, 0.717) is 0 Å². The van der Waals surface area contributed by atoms with E-state index in [0.717, 1.165) is 29.0 Å². The highest BCUT2D eigenvalue weighted by molar-refractivity contribution is 7.09. The van der Waals surface area contributed by atoms with Crippen LogP contribution in [0.3, 0.4) is 0 Å². The lowest BCUT2D eigenvalue weighted by atomic mass is 10.3. The SMILES string of the molecule is Cc1ncsc1Cn1cnc2cc(N)ccc21. The van der Waals surface area contributed by atoms with Gasteiger partial charge in [0, 0.05) is 10.6 Å². The molecular formula is C12H12N4S. The molecule has 0 amide bonds. The third-order valence-corrected chi connectivity index (χ3v) is 3.72. The molecule has 0 spiro atoms. The van der Waals surface area contributed by atoms with E-state index < -0.39 is 0 Å². The van der Waals surface area contributed by atoms with Crippen LogP contribution in [0.25, 0.3) is 11.0 Å². The zero-order valence-corrected chi connectivity index (χ0v) is 10.2. The van der Waals surface area contributed by atoms with Crippen molar-refractivity contribution >= 4 is 28.1 Å². The van der Waals surface area contributed by atoms with E-state index in [4.69, 9.17) is 5.73 Å². The largest absolute Gasteiger partial charge is 0.399 e. The Bertz CT molecular complexity index is 668. The van der Waals surface area contributed by atoms with Crippen LogP contribution >= 0.6 is 11.3 Å². The summed E-state index contributed by atoms with van der Waals surface area (Å²) in [6.07, 6.45) is 1.85. The first-order valence-electron chi connectivity index (χ1n) is 5.33. The van der Waals surface area contributed by atoms with E-state index in [2.05, 4.69) is 14.5 Å². The normalized spacial score (nSPS) is 11.1. The maximum absolute atomic E-state index is 5.74. The number of nitrogens with zero attached hydrogens (tertiary/aromatic N) is 3. The number of aryl methyl sites for hydroxylation is 1. The van der Waals surface area contributed by atoms with E-state index in [1.165, 1.54) is 4.88 Å². The van der Waals surface area contributed by atoms with Gasteiger partial charge in [-0.25, -0.2) is 9.97 Å². The fourth-order valence-electron chi connectivity index (χ4n) is 1.84. The molecule has 0 atom stereocenters. The number of anilines is 1. The fourth-order valence-corrected chi connectivity index (χ4v) is 2.61. The summed E-state index contributed by atoms with van der Waals surface area (Å²) < 4.78 is 2.12. The molecule has 0 aliphatic carbocycles. The van der Waals surface area contributed by atoms with E-state index in [9.17, 15) is 0 Å². The quantitative estimate of drug-likeness (QED) is 0.704. The Morgan fingerprint density at radius 1 is 1.35 bits per heavy atom. The third kappa shape index (κ3) is 1.78. The molecule has 2 N–H and O–H groups in total. The van der Waals surface area contributed by atoms with Gasteiger partial charge in [-0.15, -0.1) is 11.3 Å². The maximum Gasteiger partial charge on any atom is 0.0961 e. The first-order valence-corrected chi connectivity index (χ1v) is 6.21. The van der Waals surface area contributed by atoms with Crippen LogP contribution in [0.2, 0.25) is 0 Å². The Labute approximate surface area is 103 Å². The van der Waals surface area contributed by atoms with Crippen LogP contribution in [-0.4, -0.2) is 14.5 Å². The molecule has 17 heavy (non-hydrogen) atoms. The monoisotopic (exact) mass is 244 g/mol. The van der Waals surface area contributed by atoms with Crippen molar-refractivity contribution in [3.63, 3.8) is 0 Å². The van der Waals surface area contributed by atoms with E-state index >= 15 is 0 Å². The zero-order chi connectivity index (χ0) is 11.8. The number of nitrogen functional groups attached to an aromatic ring is 1. The summed E-state index contributed by atoms with van der Waals surface area (Å²) in [6, 6.07) is 5.80. The first kappa shape index (κ1) is 10.3. The minimum absolute atomic E-state index is 0.747. The van der Waals surface area contributed by atoms with E-state index in [-0.39, 0.29) is 0 Å². The number of rotatable bonds is 2. The Morgan fingerprint density at radius 3 is 3.00 bits per heavy atom. The molecule has 0 bridgehead atoms. The second kappa shape index (κ2) is 3.85. The van der Waals surface area contributed by atoms with Crippen LogP contribution in [0.5, 0.6) is 0 Å². The average molecular weight is 244 g/mol. The Hall–Kier alpha value is -1.88. The van der Waals surface area contributed by atoms with Crippen LogP contribution < -0.4 is 5.73 Å². The molecule has 2 heterocycles. The van der Waals surface area contributed by atoms with Gasteiger partial charge in [-0.05, 0) is 25.1 Å². The third-order valence-electron chi connectivity index (χ3n) is 2.80. The topological polar surface area (TPSA) is 56.7 Å². The molecular weight excluding hydrogens is 232 g/mol. The molecule has 0 radical (unpaired) electrons. The molecule has 4 nitrogen and oxygen atoms in total. The number of hydrogen-bond acceptors (Lipinski definition) is 4. The van der Waals surface area contributed by atoms with Crippen LogP contribution in [0, 0.1) is 6.92 Å². The lowest BCUT2D eigenvalue weighted by Crippen LogP contribution is -1.97. The molecule has 3 rings (SSSR count). The van der Waals surface area contributed by atoms with Gasteiger partial charge in [-0.1, -0.05) is 0 Å². The second-order valence-corrected chi connectivity index (χ2v) is 4.92. The number of hydrogen-bond donors (Lipinski definition) is 1. The summed E-state index contributed by atoms with van der Waals surface area (Å²) in [5, 5.41) is 0. The highest BCUT2D eigenvalue weighted by Gasteiger charge is 2.06.